The summed E-state index contributed by atoms with van der Waals surface area (Å²) in [4.78, 5) is 18.1. The van der Waals surface area contributed by atoms with Gasteiger partial charge in [-0.2, -0.15) is 0 Å². The molecule has 0 aliphatic carbocycles. The smallest absolute Gasteiger partial charge is 0.227 e. The molecule has 2 heterocycles. The number of aromatic nitrogens is 1. The van der Waals surface area contributed by atoms with Crippen LogP contribution in [-0.2, 0) is 11.2 Å². The van der Waals surface area contributed by atoms with Gasteiger partial charge in [0.25, 0.3) is 0 Å². The maximum Gasteiger partial charge on any atom is 0.227 e. The van der Waals surface area contributed by atoms with Gasteiger partial charge in [-0.1, -0.05) is 6.07 Å². The van der Waals surface area contributed by atoms with Crippen LogP contribution in [0.4, 0.5) is 0 Å². The fourth-order valence-corrected chi connectivity index (χ4v) is 2.13. The Kier molecular flexibility index (Phi) is 3.74. The minimum Gasteiger partial charge on any atom is -0.341 e. The number of nitrogens with two attached hydrogens (primary N) is 1. The quantitative estimate of drug-likeness (QED) is 0.825. The molecule has 92 valence electrons. The molecule has 0 aromatic carbocycles. The molecule has 17 heavy (non-hydrogen) atoms. The van der Waals surface area contributed by atoms with Crippen LogP contribution >= 0.6 is 0 Å². The van der Waals surface area contributed by atoms with Crippen molar-refractivity contribution in [3.8, 4) is 0 Å². The number of carbonyl (C=O) groups is 1. The van der Waals surface area contributed by atoms with Crippen LogP contribution in [-0.4, -0.2) is 34.9 Å². The molecule has 0 bridgehead atoms. The van der Waals surface area contributed by atoms with E-state index in [9.17, 15) is 4.79 Å². The molecule has 0 spiro atoms. The average Bonchev–Trinajstić information content (AvgIpc) is 2.32. The number of rotatable bonds is 2. The molecule has 1 aliphatic heterocycles. The summed E-state index contributed by atoms with van der Waals surface area (Å²) in [5, 5.41) is 0. The SMILES string of the molecule is Cc1ccc(CC(=O)N2CCC[C@@H](N)C2)cn1. The van der Waals surface area contributed by atoms with Crippen LogP contribution in [0.2, 0.25) is 0 Å². The molecular formula is C13H19N3O. The average molecular weight is 233 g/mol. The Morgan fingerprint density at radius 2 is 2.41 bits per heavy atom. The second kappa shape index (κ2) is 5.27. The van der Waals surface area contributed by atoms with Crippen molar-refractivity contribution in [1.82, 2.24) is 9.88 Å². The van der Waals surface area contributed by atoms with E-state index in [1.807, 2.05) is 24.0 Å². The highest BCUT2D eigenvalue weighted by Crippen LogP contribution is 2.10. The van der Waals surface area contributed by atoms with Crippen molar-refractivity contribution in [1.29, 1.82) is 0 Å². The monoisotopic (exact) mass is 233 g/mol. The lowest BCUT2D eigenvalue weighted by Gasteiger charge is -2.30. The van der Waals surface area contributed by atoms with Crippen LogP contribution in [0.25, 0.3) is 0 Å². The first-order valence-corrected chi connectivity index (χ1v) is 6.10. The van der Waals surface area contributed by atoms with Crippen molar-refractivity contribution < 1.29 is 4.79 Å². The van der Waals surface area contributed by atoms with Gasteiger partial charge in [-0.25, -0.2) is 0 Å². The number of pyridine rings is 1. The minimum absolute atomic E-state index is 0.142. The molecule has 2 N–H and O–H groups in total. The first kappa shape index (κ1) is 12.0. The minimum atomic E-state index is 0.142. The molecule has 4 heteroatoms. The van der Waals surface area contributed by atoms with E-state index in [4.69, 9.17) is 5.73 Å². The van der Waals surface area contributed by atoms with Gasteiger partial charge in [-0.05, 0) is 31.4 Å². The number of likely N-dealkylation sites (tertiary alicyclic amines) is 1. The fraction of sp³-hybridized carbons (Fsp3) is 0.538. The summed E-state index contributed by atoms with van der Waals surface area (Å²) in [5.74, 6) is 0.158. The standard InChI is InChI=1S/C13H19N3O/c1-10-4-5-11(8-15-10)7-13(17)16-6-2-3-12(14)9-16/h4-5,8,12H,2-3,6-7,9,14H2,1H3/t12-/m1/s1. The van der Waals surface area contributed by atoms with Crippen molar-refractivity contribution >= 4 is 5.91 Å². The van der Waals surface area contributed by atoms with Gasteiger partial charge in [-0.15, -0.1) is 0 Å². The molecule has 1 amide bonds. The maximum atomic E-state index is 12.0. The van der Waals surface area contributed by atoms with Crippen LogP contribution in [0.3, 0.4) is 0 Å². The largest absolute Gasteiger partial charge is 0.341 e. The van der Waals surface area contributed by atoms with E-state index in [-0.39, 0.29) is 11.9 Å². The normalized spacial score (nSPS) is 20.4. The molecule has 1 fully saturated rings. The van der Waals surface area contributed by atoms with Crippen molar-refractivity contribution in [2.75, 3.05) is 13.1 Å². The molecule has 1 atom stereocenters. The summed E-state index contributed by atoms with van der Waals surface area (Å²) in [7, 11) is 0. The Balaban J connectivity index is 1.94. The number of aryl methyl sites for hydroxylation is 1. The number of nitrogens with zero attached hydrogens (tertiary/aromatic N) is 2. The van der Waals surface area contributed by atoms with E-state index in [1.54, 1.807) is 6.20 Å². The topological polar surface area (TPSA) is 59.2 Å². The molecule has 1 aliphatic rings. The lowest BCUT2D eigenvalue weighted by Crippen LogP contribution is -2.46. The fourth-order valence-electron chi connectivity index (χ4n) is 2.13. The molecule has 4 nitrogen and oxygen atoms in total. The highest BCUT2D eigenvalue weighted by atomic mass is 16.2. The Morgan fingerprint density at radius 3 is 3.06 bits per heavy atom. The summed E-state index contributed by atoms with van der Waals surface area (Å²) in [6, 6.07) is 4.04. The van der Waals surface area contributed by atoms with E-state index in [0.29, 0.717) is 13.0 Å². The Bertz CT molecular complexity index is 388. The van der Waals surface area contributed by atoms with Crippen molar-refractivity contribution in [3.63, 3.8) is 0 Å². The third-order valence-corrected chi connectivity index (χ3v) is 3.14. The molecule has 0 saturated carbocycles. The van der Waals surface area contributed by atoms with Gasteiger partial charge >= 0.3 is 0 Å². The van der Waals surface area contributed by atoms with Crippen LogP contribution in [0.1, 0.15) is 24.1 Å². The second-order valence-electron chi connectivity index (χ2n) is 4.73. The number of piperidine rings is 1. The summed E-state index contributed by atoms with van der Waals surface area (Å²) >= 11 is 0. The lowest BCUT2D eigenvalue weighted by molar-refractivity contribution is -0.131. The van der Waals surface area contributed by atoms with Gasteiger partial charge in [0.15, 0.2) is 0 Å². The summed E-state index contributed by atoms with van der Waals surface area (Å²) in [6.45, 7) is 3.47. The van der Waals surface area contributed by atoms with Gasteiger partial charge in [0, 0.05) is 31.0 Å². The highest BCUT2D eigenvalue weighted by Gasteiger charge is 2.21. The third-order valence-electron chi connectivity index (χ3n) is 3.14. The zero-order chi connectivity index (χ0) is 12.3. The van der Waals surface area contributed by atoms with E-state index in [0.717, 1.165) is 30.6 Å². The molecule has 1 aromatic heterocycles. The molecule has 0 unspecified atom stereocenters. The summed E-state index contributed by atoms with van der Waals surface area (Å²) < 4.78 is 0. The van der Waals surface area contributed by atoms with Crippen molar-refractivity contribution in [3.05, 3.63) is 29.6 Å². The van der Waals surface area contributed by atoms with E-state index in [2.05, 4.69) is 4.98 Å². The highest BCUT2D eigenvalue weighted by molar-refractivity contribution is 5.78. The van der Waals surface area contributed by atoms with Gasteiger partial charge in [-0.3, -0.25) is 9.78 Å². The van der Waals surface area contributed by atoms with Crippen LogP contribution in [0.15, 0.2) is 18.3 Å². The molecular weight excluding hydrogens is 214 g/mol. The third kappa shape index (κ3) is 3.27. The first-order chi connectivity index (χ1) is 8.15. The predicted octanol–water partition coefficient (Wildman–Crippen LogP) is 0.882. The van der Waals surface area contributed by atoms with Crippen LogP contribution in [0, 0.1) is 6.92 Å². The van der Waals surface area contributed by atoms with Crippen molar-refractivity contribution in [2.24, 2.45) is 5.73 Å². The first-order valence-electron chi connectivity index (χ1n) is 6.10. The van der Waals surface area contributed by atoms with Gasteiger partial charge in [0.2, 0.25) is 5.91 Å². The number of amides is 1. The Morgan fingerprint density at radius 1 is 1.59 bits per heavy atom. The second-order valence-corrected chi connectivity index (χ2v) is 4.73. The van der Waals surface area contributed by atoms with Gasteiger partial charge in [0.1, 0.15) is 0 Å². The number of hydrogen-bond donors (Lipinski definition) is 1. The number of carbonyl (C=O) groups excluding carboxylic acids is 1. The van der Waals surface area contributed by atoms with Crippen LogP contribution < -0.4 is 5.73 Å². The molecule has 1 saturated heterocycles. The summed E-state index contributed by atoms with van der Waals surface area (Å²) in [5.41, 5.74) is 7.82. The van der Waals surface area contributed by atoms with Gasteiger partial charge in [0.05, 0.1) is 6.42 Å². The van der Waals surface area contributed by atoms with E-state index in [1.165, 1.54) is 0 Å². The lowest BCUT2D eigenvalue weighted by atomic mass is 10.1. The predicted molar refractivity (Wildman–Crippen MR) is 66.5 cm³/mol. The van der Waals surface area contributed by atoms with Crippen LogP contribution in [0.5, 0.6) is 0 Å². The molecule has 2 rings (SSSR count). The number of hydrogen-bond acceptors (Lipinski definition) is 3. The molecule has 1 aromatic rings. The van der Waals surface area contributed by atoms with E-state index >= 15 is 0 Å². The van der Waals surface area contributed by atoms with Crippen molar-refractivity contribution in [2.45, 2.75) is 32.2 Å². The Labute approximate surface area is 102 Å². The Hall–Kier alpha value is -1.42. The summed E-state index contributed by atoms with van der Waals surface area (Å²) in [6.07, 6.45) is 4.24. The zero-order valence-electron chi connectivity index (χ0n) is 10.2. The maximum absolute atomic E-state index is 12.0. The van der Waals surface area contributed by atoms with E-state index < -0.39 is 0 Å². The molecule has 0 radical (unpaired) electrons. The van der Waals surface area contributed by atoms with Gasteiger partial charge < -0.3 is 10.6 Å². The zero-order valence-corrected chi connectivity index (χ0v) is 10.2.